The van der Waals surface area contributed by atoms with Crippen molar-refractivity contribution >= 4 is 47.0 Å². The maximum absolute atomic E-state index is 14.4. The van der Waals surface area contributed by atoms with E-state index in [4.69, 9.17) is 16.3 Å². The molecule has 220 valence electrons. The summed E-state index contributed by atoms with van der Waals surface area (Å²) in [4.78, 5) is 42.9. The molecule has 0 saturated heterocycles. The zero-order chi connectivity index (χ0) is 30.4. The number of ether oxygens (including phenoxy) is 1. The molecular weight excluding hydrogens is 546 g/mol. The van der Waals surface area contributed by atoms with Crippen molar-refractivity contribution in [3.05, 3.63) is 63.7 Å². The van der Waals surface area contributed by atoms with E-state index in [1.807, 2.05) is 78.1 Å². The summed E-state index contributed by atoms with van der Waals surface area (Å²) in [6.45, 7) is 16.8. The first-order valence-electron chi connectivity index (χ1n) is 13.4. The van der Waals surface area contributed by atoms with Gasteiger partial charge in [-0.25, -0.2) is 4.79 Å². The fourth-order valence-electron chi connectivity index (χ4n) is 4.29. The molecule has 3 amide bonds. The number of nitrogens with zero attached hydrogens (tertiary/aromatic N) is 1. The third kappa shape index (κ3) is 9.16. The molecule has 0 spiro atoms. The second-order valence-electron chi connectivity index (χ2n) is 12.0. The first-order chi connectivity index (χ1) is 18.5. The van der Waals surface area contributed by atoms with Crippen LogP contribution in [0.15, 0.2) is 36.4 Å². The van der Waals surface area contributed by atoms with Gasteiger partial charge in [0, 0.05) is 5.54 Å². The van der Waals surface area contributed by atoms with Gasteiger partial charge < -0.3 is 20.3 Å². The lowest BCUT2D eigenvalue weighted by atomic mass is 9.93. The fourth-order valence-corrected chi connectivity index (χ4v) is 5.03. The predicted octanol–water partition coefficient (Wildman–Crippen LogP) is 7.22. The standard InChI is InChI=1S/C31H44ClN3O4S/c1-19-14-15-22(18-21(19)3)26(27(36)34-25-20(2)12-11-13-23(25)32)35(30(4,5)6)28(37)24(16-17-40-10)33-29(38)39-31(7,8)9/h11-15,18,24,26H,16-17H2,1-10H3,(H,33,38)(H,34,36). The number of anilines is 1. The number of thioether (sulfide) groups is 1. The quantitative estimate of drug-likeness (QED) is 0.322. The van der Waals surface area contributed by atoms with Gasteiger partial charge in [0.2, 0.25) is 5.91 Å². The number of nitrogens with one attached hydrogen (secondary N) is 2. The molecule has 2 atom stereocenters. The predicted molar refractivity (Wildman–Crippen MR) is 166 cm³/mol. The SMILES string of the molecule is CSCCC(NC(=O)OC(C)(C)C)C(=O)N(C(C(=O)Nc1c(C)cccc1Cl)c1ccc(C)c(C)c1)C(C)(C)C. The third-order valence-corrected chi connectivity index (χ3v) is 7.34. The van der Waals surface area contributed by atoms with E-state index in [1.165, 1.54) is 0 Å². The van der Waals surface area contributed by atoms with Gasteiger partial charge >= 0.3 is 6.09 Å². The van der Waals surface area contributed by atoms with Crippen LogP contribution in [0.5, 0.6) is 0 Å². The molecule has 2 rings (SSSR count). The highest BCUT2D eigenvalue weighted by molar-refractivity contribution is 7.98. The van der Waals surface area contributed by atoms with Gasteiger partial charge in [-0.05, 0) is 109 Å². The Morgan fingerprint density at radius 3 is 2.15 bits per heavy atom. The molecule has 0 heterocycles. The Morgan fingerprint density at radius 2 is 1.62 bits per heavy atom. The van der Waals surface area contributed by atoms with Gasteiger partial charge in [0.25, 0.3) is 5.91 Å². The minimum absolute atomic E-state index is 0.372. The van der Waals surface area contributed by atoms with E-state index in [1.54, 1.807) is 43.5 Å². The summed E-state index contributed by atoms with van der Waals surface area (Å²) in [6.07, 6.45) is 1.63. The van der Waals surface area contributed by atoms with Crippen LogP contribution in [-0.2, 0) is 14.3 Å². The van der Waals surface area contributed by atoms with Crippen LogP contribution in [0.4, 0.5) is 10.5 Å². The first kappa shape index (κ1) is 33.5. The van der Waals surface area contributed by atoms with E-state index in [2.05, 4.69) is 10.6 Å². The number of alkyl carbamates (subject to hydrolysis) is 1. The smallest absolute Gasteiger partial charge is 0.408 e. The lowest BCUT2D eigenvalue weighted by Gasteiger charge is -2.43. The van der Waals surface area contributed by atoms with E-state index in [0.29, 0.717) is 28.4 Å². The first-order valence-corrected chi connectivity index (χ1v) is 15.2. The summed E-state index contributed by atoms with van der Waals surface area (Å²) in [5.74, 6) is -0.144. The van der Waals surface area contributed by atoms with Crippen molar-refractivity contribution in [3.63, 3.8) is 0 Å². The van der Waals surface area contributed by atoms with Crippen LogP contribution in [0.2, 0.25) is 5.02 Å². The Labute approximate surface area is 248 Å². The molecule has 0 saturated carbocycles. The molecule has 0 fully saturated rings. The number of hydrogen-bond acceptors (Lipinski definition) is 5. The van der Waals surface area contributed by atoms with Crippen molar-refractivity contribution in [2.24, 2.45) is 0 Å². The van der Waals surface area contributed by atoms with Crippen molar-refractivity contribution in [3.8, 4) is 0 Å². The van der Waals surface area contributed by atoms with Crippen LogP contribution >= 0.6 is 23.4 Å². The summed E-state index contributed by atoms with van der Waals surface area (Å²) in [6, 6.07) is 9.25. The van der Waals surface area contributed by atoms with Gasteiger partial charge in [0.05, 0.1) is 10.7 Å². The minimum Gasteiger partial charge on any atom is -0.444 e. The van der Waals surface area contributed by atoms with E-state index >= 15 is 0 Å². The van der Waals surface area contributed by atoms with Crippen molar-refractivity contribution < 1.29 is 19.1 Å². The Bertz CT molecular complexity index is 1200. The molecule has 2 aromatic rings. The normalized spacial score (nSPS) is 13.3. The molecule has 2 unspecified atom stereocenters. The molecule has 0 aliphatic heterocycles. The molecular formula is C31H44ClN3O4S. The van der Waals surface area contributed by atoms with Gasteiger partial charge in [0.15, 0.2) is 0 Å². The minimum atomic E-state index is -1.00. The largest absolute Gasteiger partial charge is 0.444 e. The highest BCUT2D eigenvalue weighted by Crippen LogP contribution is 2.34. The lowest BCUT2D eigenvalue weighted by Crippen LogP contribution is -2.58. The van der Waals surface area contributed by atoms with Crippen LogP contribution in [0, 0.1) is 20.8 Å². The summed E-state index contributed by atoms with van der Waals surface area (Å²) in [5.41, 5.74) is 2.51. The Morgan fingerprint density at radius 1 is 0.975 bits per heavy atom. The summed E-state index contributed by atoms with van der Waals surface area (Å²) in [5, 5.41) is 6.18. The van der Waals surface area contributed by atoms with Gasteiger partial charge in [-0.2, -0.15) is 11.8 Å². The second kappa shape index (κ2) is 13.8. The topological polar surface area (TPSA) is 87.7 Å². The molecule has 0 aromatic heterocycles. The average molecular weight is 590 g/mol. The van der Waals surface area contributed by atoms with Gasteiger partial charge in [-0.3, -0.25) is 9.59 Å². The maximum atomic E-state index is 14.4. The van der Waals surface area contributed by atoms with Gasteiger partial charge in [-0.15, -0.1) is 0 Å². The lowest BCUT2D eigenvalue weighted by molar-refractivity contribution is -0.146. The number of carbonyl (C=O) groups excluding carboxylic acids is 3. The van der Waals surface area contributed by atoms with E-state index in [0.717, 1.165) is 16.7 Å². The second-order valence-corrected chi connectivity index (χ2v) is 13.4. The van der Waals surface area contributed by atoms with Crippen molar-refractivity contribution in [1.82, 2.24) is 10.2 Å². The number of benzene rings is 2. The molecule has 2 aromatic carbocycles. The maximum Gasteiger partial charge on any atom is 0.408 e. The van der Waals surface area contributed by atoms with Crippen LogP contribution < -0.4 is 10.6 Å². The van der Waals surface area contributed by atoms with Crippen LogP contribution in [0.25, 0.3) is 0 Å². The van der Waals surface area contributed by atoms with Crippen molar-refractivity contribution in [2.45, 2.75) is 92.0 Å². The van der Waals surface area contributed by atoms with Crippen molar-refractivity contribution in [1.29, 1.82) is 0 Å². The molecule has 2 N–H and O–H groups in total. The Balaban J connectivity index is 2.65. The number of hydrogen-bond donors (Lipinski definition) is 2. The molecule has 0 aliphatic carbocycles. The molecule has 0 aliphatic rings. The van der Waals surface area contributed by atoms with E-state index in [-0.39, 0.29) is 5.91 Å². The number of rotatable bonds is 9. The van der Waals surface area contributed by atoms with E-state index in [9.17, 15) is 14.4 Å². The molecule has 0 bridgehead atoms. The van der Waals surface area contributed by atoms with Crippen LogP contribution in [0.1, 0.15) is 76.3 Å². The molecule has 0 radical (unpaired) electrons. The summed E-state index contributed by atoms with van der Waals surface area (Å²) >= 11 is 8.03. The van der Waals surface area contributed by atoms with Crippen LogP contribution in [0.3, 0.4) is 0 Å². The summed E-state index contributed by atoms with van der Waals surface area (Å²) in [7, 11) is 0. The third-order valence-electron chi connectivity index (χ3n) is 6.38. The molecule has 9 heteroatoms. The van der Waals surface area contributed by atoms with Gasteiger partial charge in [-0.1, -0.05) is 41.9 Å². The fraction of sp³-hybridized carbons (Fsp3) is 0.516. The molecule has 7 nitrogen and oxygen atoms in total. The highest BCUT2D eigenvalue weighted by atomic mass is 35.5. The summed E-state index contributed by atoms with van der Waals surface area (Å²) < 4.78 is 5.47. The molecule has 40 heavy (non-hydrogen) atoms. The Hall–Kier alpha value is -2.71. The average Bonchev–Trinajstić information content (AvgIpc) is 2.82. The van der Waals surface area contributed by atoms with Crippen molar-refractivity contribution in [2.75, 3.05) is 17.3 Å². The monoisotopic (exact) mass is 589 g/mol. The number of aryl methyl sites for hydroxylation is 3. The highest BCUT2D eigenvalue weighted by Gasteiger charge is 2.42. The number of halogens is 1. The van der Waals surface area contributed by atoms with Gasteiger partial charge in [0.1, 0.15) is 17.7 Å². The number of amides is 3. The zero-order valence-corrected chi connectivity index (χ0v) is 27.0. The number of para-hydroxylation sites is 1. The van der Waals surface area contributed by atoms with Crippen LogP contribution in [-0.4, -0.2) is 52.0 Å². The number of carbonyl (C=O) groups is 3. The zero-order valence-electron chi connectivity index (χ0n) is 25.4. The van der Waals surface area contributed by atoms with E-state index < -0.39 is 35.2 Å². The Kier molecular flexibility index (Phi) is 11.5.